The first-order valence-electron chi connectivity index (χ1n) is 17.6. The number of hydrogen-bond donors (Lipinski definition) is 0. The van der Waals surface area contributed by atoms with Gasteiger partial charge in [-0.2, -0.15) is 0 Å². The maximum Gasteiger partial charge on any atom is 0.312 e. The van der Waals surface area contributed by atoms with E-state index < -0.39 is 10.8 Å². The van der Waals surface area contributed by atoms with Gasteiger partial charge in [0.05, 0.1) is 16.9 Å². The Bertz CT molecular complexity index is 909. The monoisotopic (exact) mass is 607 g/mol. The van der Waals surface area contributed by atoms with E-state index in [1.165, 1.54) is 0 Å². The molecule has 43 heavy (non-hydrogen) atoms. The van der Waals surface area contributed by atoms with Crippen molar-refractivity contribution >= 4 is 11.9 Å². The van der Waals surface area contributed by atoms with Gasteiger partial charge in [-0.15, -0.1) is 0 Å². The van der Waals surface area contributed by atoms with Crippen molar-refractivity contribution in [3.63, 3.8) is 0 Å². The predicted molar refractivity (Wildman–Crippen MR) is 183 cm³/mol. The van der Waals surface area contributed by atoms with Crippen LogP contribution in [0.4, 0.5) is 0 Å². The van der Waals surface area contributed by atoms with Crippen LogP contribution in [0.3, 0.4) is 0 Å². The van der Waals surface area contributed by atoms with Gasteiger partial charge in [-0.05, 0) is 125 Å². The van der Waals surface area contributed by atoms with Gasteiger partial charge in [0.1, 0.15) is 6.10 Å². The lowest BCUT2D eigenvalue weighted by Gasteiger charge is -2.50. The summed E-state index contributed by atoms with van der Waals surface area (Å²) in [7, 11) is 0. The first kappa shape index (κ1) is 40.0. The Hall–Kier alpha value is -1.06. The molecule has 1 aliphatic carbocycles. The fraction of sp³-hybridized carbons (Fsp3) is 0.949. The first-order valence-corrected chi connectivity index (χ1v) is 17.6. The highest BCUT2D eigenvalue weighted by atomic mass is 16.5. The number of carbonyl (C=O) groups excluding carboxylic acids is 2. The molecule has 0 N–H and O–H groups in total. The van der Waals surface area contributed by atoms with Crippen LogP contribution < -0.4 is 0 Å². The number of rotatable bonds is 14. The van der Waals surface area contributed by atoms with Crippen molar-refractivity contribution < 1.29 is 19.1 Å². The molecule has 0 aromatic rings. The molecule has 0 heterocycles. The molecule has 0 aliphatic heterocycles. The van der Waals surface area contributed by atoms with Gasteiger partial charge in [-0.3, -0.25) is 9.59 Å². The minimum atomic E-state index is -0.614. The second-order valence-electron chi connectivity index (χ2n) is 19.1. The molecule has 0 spiro atoms. The zero-order valence-electron chi connectivity index (χ0n) is 31.9. The molecule has 1 rings (SSSR count). The quantitative estimate of drug-likeness (QED) is 0.185. The third-order valence-corrected chi connectivity index (χ3v) is 12.0. The molecule has 3 atom stereocenters. The molecule has 0 radical (unpaired) electrons. The van der Waals surface area contributed by atoms with Crippen LogP contribution >= 0.6 is 0 Å². The molecular formula is C39H74O4. The van der Waals surface area contributed by atoms with E-state index in [0.717, 1.165) is 64.2 Å². The standard InChI is InChI=1S/C39H74O4/c1-18-36(13,14)38(16,31(40)43-30-22-20-29(21-23-30)34(8,9)10)27-35(11,12)24-25-37(15,19-2)39(17,26-33(5,6)7)32(41)42-28(3)4/h28-30H,18-27H2,1-17H3. The van der Waals surface area contributed by atoms with Gasteiger partial charge in [0.25, 0.3) is 0 Å². The fourth-order valence-corrected chi connectivity index (χ4v) is 7.75. The van der Waals surface area contributed by atoms with Crippen LogP contribution in [0.2, 0.25) is 0 Å². The zero-order valence-corrected chi connectivity index (χ0v) is 31.9. The maximum absolute atomic E-state index is 14.2. The van der Waals surface area contributed by atoms with Crippen LogP contribution in [0.1, 0.15) is 182 Å². The van der Waals surface area contributed by atoms with Crippen molar-refractivity contribution in [2.75, 3.05) is 0 Å². The average Bonchev–Trinajstić information content (AvgIpc) is 2.85. The second kappa shape index (κ2) is 14.1. The van der Waals surface area contributed by atoms with Crippen LogP contribution in [0.25, 0.3) is 0 Å². The van der Waals surface area contributed by atoms with Gasteiger partial charge in [0, 0.05) is 0 Å². The van der Waals surface area contributed by atoms with Gasteiger partial charge in [0.2, 0.25) is 0 Å². The van der Waals surface area contributed by atoms with Crippen LogP contribution in [0.15, 0.2) is 0 Å². The van der Waals surface area contributed by atoms with Gasteiger partial charge < -0.3 is 9.47 Å². The Morgan fingerprint density at radius 3 is 1.58 bits per heavy atom. The Kier molecular flexibility index (Phi) is 13.1. The van der Waals surface area contributed by atoms with E-state index in [-0.39, 0.29) is 45.8 Å². The smallest absolute Gasteiger partial charge is 0.312 e. The van der Waals surface area contributed by atoms with E-state index in [4.69, 9.17) is 9.47 Å². The molecule has 0 bridgehead atoms. The Morgan fingerprint density at radius 1 is 0.674 bits per heavy atom. The van der Waals surface area contributed by atoms with Crippen LogP contribution in [-0.4, -0.2) is 24.1 Å². The van der Waals surface area contributed by atoms with E-state index in [9.17, 15) is 9.59 Å². The minimum absolute atomic E-state index is 0.0177. The van der Waals surface area contributed by atoms with Crippen LogP contribution in [0.5, 0.6) is 0 Å². The summed E-state index contributed by atoms with van der Waals surface area (Å²) in [6.07, 6.45) is 9.20. The van der Waals surface area contributed by atoms with Crippen molar-refractivity contribution in [3.05, 3.63) is 0 Å². The molecule has 1 aliphatic rings. The Labute approximate surface area is 268 Å². The zero-order chi connectivity index (χ0) is 33.9. The molecule has 1 fully saturated rings. The SMILES string of the molecule is CCC(C)(C)C(C)(CC(C)(C)CCC(C)(CC)C(C)(CC(C)(C)C)C(=O)OC(C)C)C(=O)OC1CCC(C(C)(C)C)CC1. The summed E-state index contributed by atoms with van der Waals surface area (Å²) < 4.78 is 12.3. The number of ether oxygens (including phenoxy) is 2. The van der Waals surface area contributed by atoms with Crippen molar-refractivity contribution in [2.24, 2.45) is 43.8 Å². The maximum atomic E-state index is 14.2. The minimum Gasteiger partial charge on any atom is -0.463 e. The number of hydrogen-bond acceptors (Lipinski definition) is 4. The third kappa shape index (κ3) is 10.2. The summed E-state index contributed by atoms with van der Waals surface area (Å²) in [6.45, 7) is 37.6. The molecule has 0 aromatic carbocycles. The van der Waals surface area contributed by atoms with E-state index >= 15 is 0 Å². The van der Waals surface area contributed by atoms with Gasteiger partial charge in [-0.1, -0.05) is 90.0 Å². The summed E-state index contributed by atoms with van der Waals surface area (Å²) >= 11 is 0. The summed E-state index contributed by atoms with van der Waals surface area (Å²) in [6, 6.07) is 0. The van der Waals surface area contributed by atoms with Crippen molar-refractivity contribution in [2.45, 2.75) is 194 Å². The van der Waals surface area contributed by atoms with E-state index in [2.05, 4.69) is 104 Å². The lowest BCUT2D eigenvalue weighted by molar-refractivity contribution is -0.174. The highest BCUT2D eigenvalue weighted by Crippen LogP contribution is 2.56. The molecule has 0 saturated heterocycles. The molecule has 254 valence electrons. The van der Waals surface area contributed by atoms with Crippen LogP contribution in [0, 0.1) is 43.8 Å². The average molecular weight is 607 g/mol. The van der Waals surface area contributed by atoms with Crippen molar-refractivity contribution in [1.29, 1.82) is 0 Å². The number of carbonyl (C=O) groups is 2. The highest BCUT2D eigenvalue weighted by molar-refractivity contribution is 5.78. The van der Waals surface area contributed by atoms with Crippen LogP contribution in [-0.2, 0) is 19.1 Å². The molecule has 4 nitrogen and oxygen atoms in total. The van der Waals surface area contributed by atoms with Gasteiger partial charge in [-0.25, -0.2) is 0 Å². The van der Waals surface area contributed by atoms with Gasteiger partial charge >= 0.3 is 11.9 Å². The summed E-state index contributed by atoms with van der Waals surface area (Å²) in [4.78, 5) is 27.9. The molecule has 1 saturated carbocycles. The lowest BCUT2D eigenvalue weighted by Crippen LogP contribution is -2.49. The lowest BCUT2D eigenvalue weighted by atomic mass is 9.54. The summed E-state index contributed by atoms with van der Waals surface area (Å²) in [5, 5.41) is 0. The van der Waals surface area contributed by atoms with Crippen molar-refractivity contribution in [1.82, 2.24) is 0 Å². The van der Waals surface area contributed by atoms with E-state index in [1.54, 1.807) is 0 Å². The summed E-state index contributed by atoms with van der Waals surface area (Å²) in [5.74, 6) is 0.582. The van der Waals surface area contributed by atoms with Gasteiger partial charge in [0.15, 0.2) is 0 Å². The largest absolute Gasteiger partial charge is 0.463 e. The second-order valence-corrected chi connectivity index (χ2v) is 19.1. The Morgan fingerprint density at radius 2 is 1.19 bits per heavy atom. The van der Waals surface area contributed by atoms with E-state index in [0.29, 0.717) is 11.3 Å². The molecular weight excluding hydrogens is 532 g/mol. The molecule has 3 unspecified atom stereocenters. The molecule has 0 amide bonds. The highest BCUT2D eigenvalue weighted by Gasteiger charge is 2.54. The predicted octanol–water partition coefficient (Wildman–Crippen LogP) is 11.6. The van der Waals surface area contributed by atoms with E-state index in [1.807, 2.05) is 13.8 Å². The van der Waals surface area contributed by atoms with Crippen molar-refractivity contribution in [3.8, 4) is 0 Å². The normalized spacial score (nSPS) is 23.2. The Balaban J connectivity index is 3.26. The fourth-order valence-electron chi connectivity index (χ4n) is 7.75. The summed E-state index contributed by atoms with van der Waals surface area (Å²) in [5.41, 5.74) is -1.51. The number of esters is 2. The molecule has 4 heteroatoms. The topological polar surface area (TPSA) is 52.6 Å². The first-order chi connectivity index (χ1) is 19.2. The molecule has 0 aromatic heterocycles. The third-order valence-electron chi connectivity index (χ3n) is 12.0.